The van der Waals surface area contributed by atoms with Gasteiger partial charge in [-0.05, 0) is 73.5 Å². The summed E-state index contributed by atoms with van der Waals surface area (Å²) in [5, 5.41) is 10.0. The zero-order valence-electron chi connectivity index (χ0n) is 13.9. The maximum Gasteiger partial charge on any atom is 0.116 e. The Morgan fingerprint density at radius 1 is 1.23 bits per heavy atom. The van der Waals surface area contributed by atoms with Gasteiger partial charge in [0.05, 0.1) is 6.10 Å². The number of fused-ring (bicyclic) bond motifs is 5. The van der Waals surface area contributed by atoms with Crippen LogP contribution in [0.15, 0.2) is 11.6 Å². The summed E-state index contributed by atoms with van der Waals surface area (Å²) in [4.78, 5) is 0. The van der Waals surface area contributed by atoms with Crippen LogP contribution in [-0.4, -0.2) is 23.4 Å². The number of allylic oxidation sites excluding steroid dienone is 1. The first-order chi connectivity index (χ1) is 10.4. The summed E-state index contributed by atoms with van der Waals surface area (Å²) in [6, 6.07) is -0.273. The Morgan fingerprint density at radius 3 is 2.77 bits per heavy atom. The van der Waals surface area contributed by atoms with Crippen LogP contribution in [0.25, 0.3) is 0 Å². The fourth-order valence-corrected chi connectivity index (χ4v) is 6.65. The summed E-state index contributed by atoms with van der Waals surface area (Å²) in [5.41, 5.74) is 7.96. The van der Waals surface area contributed by atoms with E-state index >= 15 is 0 Å². The molecule has 124 valence electrons. The Hall–Kier alpha value is -0.410. The molecule has 0 bridgehead atoms. The molecule has 3 heteroatoms. The normalized spacial score (nSPS) is 57.6. The zero-order chi connectivity index (χ0) is 15.7. The van der Waals surface area contributed by atoms with E-state index in [4.69, 9.17) is 5.73 Å². The molecule has 0 aromatic carbocycles. The van der Waals surface area contributed by atoms with Crippen molar-refractivity contribution in [1.82, 2.24) is 0 Å². The first-order valence-corrected chi connectivity index (χ1v) is 9.13. The first kappa shape index (κ1) is 15.1. The van der Waals surface area contributed by atoms with Crippen molar-refractivity contribution in [1.29, 1.82) is 0 Å². The van der Waals surface area contributed by atoms with Crippen LogP contribution in [0.4, 0.5) is 4.39 Å². The summed E-state index contributed by atoms with van der Waals surface area (Å²) in [5.74, 6) is 1.70. The summed E-state index contributed by atoms with van der Waals surface area (Å²) < 4.78 is 14.3. The van der Waals surface area contributed by atoms with Crippen molar-refractivity contribution in [3.63, 3.8) is 0 Å². The first-order valence-electron chi connectivity index (χ1n) is 9.13. The molecule has 3 saturated carbocycles. The predicted molar refractivity (Wildman–Crippen MR) is 86.0 cm³/mol. The van der Waals surface area contributed by atoms with E-state index in [0.29, 0.717) is 24.2 Å². The second-order valence-electron chi connectivity index (χ2n) is 8.98. The van der Waals surface area contributed by atoms with E-state index < -0.39 is 6.17 Å². The number of rotatable bonds is 0. The molecule has 2 nitrogen and oxygen atoms in total. The van der Waals surface area contributed by atoms with Crippen LogP contribution in [0, 0.1) is 28.6 Å². The van der Waals surface area contributed by atoms with Crippen molar-refractivity contribution in [2.24, 2.45) is 34.3 Å². The topological polar surface area (TPSA) is 46.2 Å². The molecule has 8 atom stereocenters. The van der Waals surface area contributed by atoms with Gasteiger partial charge in [0.2, 0.25) is 0 Å². The van der Waals surface area contributed by atoms with Gasteiger partial charge in [0.15, 0.2) is 0 Å². The van der Waals surface area contributed by atoms with Crippen molar-refractivity contribution in [2.75, 3.05) is 0 Å². The lowest BCUT2D eigenvalue weighted by Gasteiger charge is -2.57. The molecular weight excluding hydrogens is 277 g/mol. The van der Waals surface area contributed by atoms with Crippen molar-refractivity contribution in [3.8, 4) is 0 Å². The minimum Gasteiger partial charge on any atom is -0.393 e. The van der Waals surface area contributed by atoms with Crippen molar-refractivity contribution < 1.29 is 9.50 Å². The molecule has 0 heterocycles. The molecule has 0 radical (unpaired) electrons. The van der Waals surface area contributed by atoms with Crippen LogP contribution in [0.2, 0.25) is 0 Å². The van der Waals surface area contributed by atoms with Gasteiger partial charge in [-0.15, -0.1) is 0 Å². The van der Waals surface area contributed by atoms with Gasteiger partial charge in [-0.2, -0.15) is 0 Å². The molecule has 0 aliphatic heterocycles. The van der Waals surface area contributed by atoms with Gasteiger partial charge in [0.25, 0.3) is 0 Å². The smallest absolute Gasteiger partial charge is 0.116 e. The van der Waals surface area contributed by atoms with Gasteiger partial charge in [-0.25, -0.2) is 4.39 Å². The van der Waals surface area contributed by atoms with Gasteiger partial charge in [-0.3, -0.25) is 0 Å². The Kier molecular flexibility index (Phi) is 3.30. The number of halogens is 1. The Balaban J connectivity index is 1.68. The summed E-state index contributed by atoms with van der Waals surface area (Å²) in [6.45, 7) is 4.65. The highest BCUT2D eigenvalue weighted by Crippen LogP contribution is 2.64. The molecule has 0 aromatic heterocycles. The molecule has 0 unspecified atom stereocenters. The van der Waals surface area contributed by atoms with E-state index in [1.54, 1.807) is 0 Å². The fourth-order valence-electron chi connectivity index (χ4n) is 6.65. The average molecular weight is 307 g/mol. The number of hydrogen-bond donors (Lipinski definition) is 2. The maximum atomic E-state index is 14.3. The molecule has 3 N–H and O–H groups in total. The molecule has 3 fully saturated rings. The third-order valence-corrected chi connectivity index (χ3v) is 8.15. The zero-order valence-corrected chi connectivity index (χ0v) is 13.9. The number of hydrogen-bond acceptors (Lipinski definition) is 2. The second kappa shape index (κ2) is 4.80. The summed E-state index contributed by atoms with van der Waals surface area (Å²) >= 11 is 0. The molecule has 0 amide bonds. The van der Waals surface area contributed by atoms with Crippen LogP contribution in [0.1, 0.15) is 58.8 Å². The largest absolute Gasteiger partial charge is 0.393 e. The van der Waals surface area contributed by atoms with Gasteiger partial charge in [-0.1, -0.05) is 25.5 Å². The third kappa shape index (κ3) is 1.84. The van der Waals surface area contributed by atoms with Crippen molar-refractivity contribution in [2.45, 2.75) is 77.1 Å². The number of aliphatic hydroxyl groups excluding tert-OH is 1. The number of aliphatic hydroxyl groups is 1. The van der Waals surface area contributed by atoms with E-state index in [0.717, 1.165) is 32.1 Å². The van der Waals surface area contributed by atoms with E-state index in [2.05, 4.69) is 19.9 Å². The lowest BCUT2D eigenvalue weighted by Crippen LogP contribution is -2.52. The Morgan fingerprint density at radius 2 is 2.00 bits per heavy atom. The lowest BCUT2D eigenvalue weighted by molar-refractivity contribution is -0.0402. The standard InChI is InChI=1S/C19H30FNO/c1-18-7-5-12(22)9-11(18)3-4-13-14(18)6-8-19(2)15(13)10-16(20)17(19)21/h3,12-17,22H,4-10,21H2,1-2H3/t12-,13-,14+,15+,16+,17+,18+,19+/m1/s1. The SMILES string of the molecule is C[C@]12CC[C@H]3[C@@H](CC=C4C[C@H](O)CC[C@@]43C)[C@@H]1C[C@H](F)[C@@H]2N. The summed E-state index contributed by atoms with van der Waals surface area (Å²) in [6.07, 6.45) is 8.29. The maximum absolute atomic E-state index is 14.3. The third-order valence-electron chi connectivity index (χ3n) is 8.15. The molecule has 4 rings (SSSR count). The van der Waals surface area contributed by atoms with Crippen LogP contribution >= 0.6 is 0 Å². The monoisotopic (exact) mass is 307 g/mol. The molecule has 4 aliphatic rings. The number of alkyl halides is 1. The van der Waals surface area contributed by atoms with Gasteiger partial charge < -0.3 is 10.8 Å². The van der Waals surface area contributed by atoms with Crippen molar-refractivity contribution >= 4 is 0 Å². The van der Waals surface area contributed by atoms with Crippen LogP contribution in [-0.2, 0) is 0 Å². The molecule has 4 aliphatic carbocycles. The average Bonchev–Trinajstić information content (AvgIpc) is 2.72. The van der Waals surface area contributed by atoms with E-state index in [-0.39, 0.29) is 23.0 Å². The minimum absolute atomic E-state index is 0.00350. The van der Waals surface area contributed by atoms with E-state index in [9.17, 15) is 9.50 Å². The van der Waals surface area contributed by atoms with Crippen LogP contribution in [0.5, 0.6) is 0 Å². The highest BCUT2D eigenvalue weighted by atomic mass is 19.1. The van der Waals surface area contributed by atoms with E-state index in [1.165, 1.54) is 12.0 Å². The summed E-state index contributed by atoms with van der Waals surface area (Å²) in [7, 11) is 0. The van der Waals surface area contributed by atoms with Gasteiger partial charge in [0, 0.05) is 6.04 Å². The molecule has 0 aromatic rings. The molecule has 0 saturated heterocycles. The highest BCUT2D eigenvalue weighted by Gasteiger charge is 2.60. The number of nitrogens with two attached hydrogens (primary N) is 1. The van der Waals surface area contributed by atoms with Crippen molar-refractivity contribution in [3.05, 3.63) is 11.6 Å². The predicted octanol–water partition coefficient (Wildman–Crippen LogP) is 3.59. The Bertz CT molecular complexity index is 506. The van der Waals surface area contributed by atoms with Gasteiger partial charge >= 0.3 is 0 Å². The second-order valence-corrected chi connectivity index (χ2v) is 8.98. The molecular formula is C19H30FNO. The quantitative estimate of drug-likeness (QED) is 0.672. The van der Waals surface area contributed by atoms with Crippen LogP contribution in [0.3, 0.4) is 0 Å². The molecule has 22 heavy (non-hydrogen) atoms. The van der Waals surface area contributed by atoms with Gasteiger partial charge in [0.1, 0.15) is 6.17 Å². The Labute approximate surface area is 133 Å². The van der Waals surface area contributed by atoms with E-state index in [1.807, 2.05) is 0 Å². The lowest BCUT2D eigenvalue weighted by atomic mass is 9.48. The highest BCUT2D eigenvalue weighted by molar-refractivity contribution is 5.25. The minimum atomic E-state index is -0.819. The molecule has 0 spiro atoms. The fraction of sp³-hybridized carbons (Fsp3) is 0.895. The van der Waals surface area contributed by atoms with Crippen LogP contribution < -0.4 is 5.73 Å².